The molecule has 0 bridgehead atoms. The molecule has 0 fully saturated rings. The number of nitrogens with one attached hydrogen (secondary N) is 7. The van der Waals surface area contributed by atoms with Gasteiger partial charge in [0.05, 0.1) is 26.0 Å². The fourth-order valence-electron chi connectivity index (χ4n) is 5.70. The smallest absolute Gasteiger partial charge is 0.326 e. The second-order valence-electron chi connectivity index (χ2n) is 14.6. The van der Waals surface area contributed by atoms with Gasteiger partial charge in [0.1, 0.15) is 48.0 Å². The van der Waals surface area contributed by atoms with Crippen LogP contribution in [0.25, 0.3) is 0 Å². The van der Waals surface area contributed by atoms with Gasteiger partial charge in [-0.05, 0) is 42.9 Å². The molecule has 0 unspecified atom stereocenters. The maximum absolute atomic E-state index is 14.0. The van der Waals surface area contributed by atoms with Crippen molar-refractivity contribution in [3.8, 4) is 5.75 Å². The van der Waals surface area contributed by atoms with E-state index >= 15 is 0 Å². The third-order valence-electron chi connectivity index (χ3n) is 8.91. The quantitative estimate of drug-likeness (QED) is 0.0226. The Hall–Kier alpha value is -6.86. The van der Waals surface area contributed by atoms with Crippen LogP contribution >= 0.6 is 0 Å². The van der Waals surface area contributed by atoms with Gasteiger partial charge in [-0.25, -0.2) is 9.78 Å². The Kier molecular flexibility index (Phi) is 21.3. The number of imidazole rings is 1. The molecular weight excluding hydrogens is 818 g/mol. The molecule has 25 heteroatoms. The lowest BCUT2D eigenvalue weighted by Gasteiger charge is -2.27. The number of nitrogens with two attached hydrogens (primary N) is 4. The number of phenolic OH excluding ortho intramolecular Hbond substituents is 1. The predicted octanol–water partition coefficient (Wildman–Crippen LogP) is -5.82. The van der Waals surface area contributed by atoms with E-state index in [0.29, 0.717) is 11.3 Å². The predicted molar refractivity (Wildman–Crippen MR) is 219 cm³/mol. The highest BCUT2D eigenvalue weighted by molar-refractivity contribution is 5.98. The van der Waals surface area contributed by atoms with E-state index in [2.05, 4.69) is 46.9 Å². The van der Waals surface area contributed by atoms with E-state index in [-0.39, 0.29) is 56.3 Å². The summed E-state index contributed by atoms with van der Waals surface area (Å²) in [6.45, 7) is 1.73. The van der Waals surface area contributed by atoms with Crippen molar-refractivity contribution in [3.63, 3.8) is 0 Å². The number of aromatic amines is 1. The van der Waals surface area contributed by atoms with Crippen molar-refractivity contribution in [2.45, 2.75) is 94.7 Å². The Bertz CT molecular complexity index is 1860. The number of nitrogens with zero attached hydrogens (tertiary/aromatic N) is 2. The largest absolute Gasteiger partial charge is 0.508 e. The van der Waals surface area contributed by atoms with Crippen molar-refractivity contribution in [1.29, 1.82) is 0 Å². The molecule has 7 atom stereocenters. The van der Waals surface area contributed by atoms with Gasteiger partial charge in [0.2, 0.25) is 41.4 Å². The summed E-state index contributed by atoms with van der Waals surface area (Å²) >= 11 is 0. The number of amides is 7. The third kappa shape index (κ3) is 18.2. The number of benzene rings is 1. The number of aromatic hydroxyl groups is 1. The first-order valence-corrected chi connectivity index (χ1v) is 19.4. The van der Waals surface area contributed by atoms with Gasteiger partial charge in [0.25, 0.3) is 0 Å². The highest BCUT2D eigenvalue weighted by Gasteiger charge is 2.34. The summed E-state index contributed by atoms with van der Waals surface area (Å²) in [5.74, 6) is -9.03. The molecule has 2 rings (SSSR count). The van der Waals surface area contributed by atoms with Gasteiger partial charge in [-0.1, -0.05) is 26.0 Å². The normalized spacial score (nSPS) is 14.4. The Balaban J connectivity index is 2.41. The molecule has 0 aliphatic rings. The van der Waals surface area contributed by atoms with Gasteiger partial charge in [0, 0.05) is 31.3 Å². The van der Waals surface area contributed by atoms with Crippen molar-refractivity contribution >= 4 is 53.3 Å². The summed E-state index contributed by atoms with van der Waals surface area (Å²) in [5.41, 5.74) is 22.5. The van der Waals surface area contributed by atoms with Crippen molar-refractivity contribution in [2.75, 3.05) is 19.8 Å². The molecule has 0 saturated heterocycles. The van der Waals surface area contributed by atoms with Crippen LogP contribution in [0.2, 0.25) is 0 Å². The summed E-state index contributed by atoms with van der Waals surface area (Å²) in [7, 11) is 0. The number of aliphatic hydroxyl groups excluding tert-OH is 2. The molecule has 25 nitrogen and oxygen atoms in total. The second-order valence-corrected chi connectivity index (χ2v) is 14.6. The van der Waals surface area contributed by atoms with Gasteiger partial charge < -0.3 is 80.2 Å². The monoisotopic (exact) mass is 875 g/mol. The van der Waals surface area contributed by atoms with Crippen molar-refractivity contribution in [3.05, 3.63) is 48.0 Å². The van der Waals surface area contributed by atoms with E-state index in [1.807, 2.05) is 0 Å². The van der Waals surface area contributed by atoms with E-state index in [0.717, 1.165) is 0 Å². The Morgan fingerprint density at radius 3 is 1.76 bits per heavy atom. The highest BCUT2D eigenvalue weighted by atomic mass is 16.4. The number of aliphatic carboxylic acids is 1. The van der Waals surface area contributed by atoms with Crippen LogP contribution in [0.15, 0.2) is 41.8 Å². The molecule has 1 heterocycles. The van der Waals surface area contributed by atoms with Gasteiger partial charge in [-0.2, -0.15) is 0 Å². The van der Waals surface area contributed by atoms with Crippen LogP contribution in [0.4, 0.5) is 0 Å². The van der Waals surface area contributed by atoms with E-state index < -0.39 is 109 Å². The third-order valence-corrected chi connectivity index (χ3v) is 8.91. The number of hydrogen-bond donors (Lipinski definition) is 15. The number of primary amides is 1. The summed E-state index contributed by atoms with van der Waals surface area (Å²) < 4.78 is 0. The van der Waals surface area contributed by atoms with Gasteiger partial charge in [0.15, 0.2) is 5.96 Å². The molecule has 1 aromatic carbocycles. The summed E-state index contributed by atoms with van der Waals surface area (Å²) in [4.78, 5) is 115. The number of rotatable bonds is 27. The lowest BCUT2D eigenvalue weighted by atomic mass is 10.0. The average Bonchev–Trinajstić information content (AvgIpc) is 3.72. The number of carboxylic acid groups (broad SMARTS) is 1. The molecule has 0 radical (unpaired) electrons. The Labute approximate surface area is 355 Å². The second kappa shape index (κ2) is 25.7. The number of carbonyl (C=O) groups excluding carboxylic acids is 7. The number of phenols is 1. The fraction of sp³-hybridized carbons (Fsp3) is 0.514. The number of carbonyl (C=O) groups is 8. The SMILES string of the molecule is CC(C)C[C@H](NC(=O)[C@H](CCCN=C(N)N)NC(=O)[C@H](CC(N)=O)NC(=O)[C@H](Cc1ccc(O)cc1)NC(=O)[C@H](CO)NC(=O)[C@H](Cc1cnc[nH]1)NC(=O)[C@@H](N)CO)C(=O)O. The van der Waals surface area contributed by atoms with Crippen LogP contribution in [0, 0.1) is 5.92 Å². The topological polar surface area (TPSA) is 435 Å². The molecule has 19 N–H and O–H groups in total. The molecule has 0 spiro atoms. The summed E-state index contributed by atoms with van der Waals surface area (Å²) in [6.07, 6.45) is 1.37. The number of hydrogen-bond acceptors (Lipinski definition) is 14. The average molecular weight is 876 g/mol. The number of carboxylic acids is 1. The lowest BCUT2D eigenvalue weighted by molar-refractivity contribution is -0.143. The summed E-state index contributed by atoms with van der Waals surface area (Å²) in [6, 6.07) is -5.31. The van der Waals surface area contributed by atoms with E-state index in [1.165, 1.54) is 36.8 Å². The standard InChI is InChI=1S/C37H57N13O12/c1-18(2)10-27(36(61)62)49-31(56)23(4-3-9-43-37(40)41)45-34(59)26(13-29(39)54)48-32(57)24(11-19-5-7-21(53)8-6-19)47-35(60)28(16-52)50-33(58)25(12-20-14-42-17-44-20)46-30(55)22(38)15-51/h5-8,14,17-18,22-28,51-53H,3-4,9-13,15-16,38H2,1-2H3,(H2,39,54)(H,42,44)(H,45,59)(H,46,55)(H,47,60)(H,48,57)(H,49,56)(H,50,58)(H,61,62)(H4,40,41,43)/t22-,23-,24-,25-,26-,27-,28-/m0/s1. The van der Waals surface area contributed by atoms with Gasteiger partial charge in [-0.15, -0.1) is 0 Å². The van der Waals surface area contributed by atoms with Crippen LogP contribution in [-0.2, 0) is 51.2 Å². The molecule has 0 aliphatic heterocycles. The Morgan fingerprint density at radius 1 is 0.710 bits per heavy atom. The number of H-pyrrole nitrogens is 1. The van der Waals surface area contributed by atoms with Crippen LogP contribution in [0.3, 0.4) is 0 Å². The van der Waals surface area contributed by atoms with Crippen LogP contribution < -0.4 is 54.8 Å². The van der Waals surface area contributed by atoms with E-state index in [1.54, 1.807) is 13.8 Å². The maximum Gasteiger partial charge on any atom is 0.326 e. The molecule has 62 heavy (non-hydrogen) atoms. The minimum absolute atomic E-state index is 0.0170. The molecule has 7 amide bonds. The van der Waals surface area contributed by atoms with Crippen molar-refractivity contribution in [1.82, 2.24) is 41.9 Å². The lowest BCUT2D eigenvalue weighted by Crippen LogP contribution is -2.61. The van der Waals surface area contributed by atoms with Crippen LogP contribution in [0.5, 0.6) is 5.75 Å². The number of aromatic nitrogens is 2. The highest BCUT2D eigenvalue weighted by Crippen LogP contribution is 2.13. The van der Waals surface area contributed by atoms with Crippen molar-refractivity contribution in [2.24, 2.45) is 33.8 Å². The maximum atomic E-state index is 14.0. The van der Waals surface area contributed by atoms with Crippen LogP contribution in [0.1, 0.15) is 50.8 Å². The zero-order chi connectivity index (χ0) is 46.5. The van der Waals surface area contributed by atoms with Gasteiger partial charge in [-0.3, -0.25) is 38.6 Å². The fourth-order valence-corrected chi connectivity index (χ4v) is 5.70. The first-order chi connectivity index (χ1) is 29.2. The van der Waals surface area contributed by atoms with Crippen LogP contribution in [-0.4, -0.2) is 146 Å². The minimum atomic E-state index is -1.77. The molecule has 2 aromatic rings. The molecular formula is C37H57N13O12. The number of aliphatic hydroxyl groups is 2. The van der Waals surface area contributed by atoms with E-state index in [4.69, 9.17) is 22.9 Å². The minimum Gasteiger partial charge on any atom is -0.508 e. The number of guanidine groups is 1. The summed E-state index contributed by atoms with van der Waals surface area (Å²) in [5, 5.41) is 53.2. The zero-order valence-corrected chi connectivity index (χ0v) is 34.2. The zero-order valence-electron chi connectivity index (χ0n) is 34.2. The molecule has 0 saturated carbocycles. The number of aliphatic imine (C=N–C) groups is 1. The first-order valence-electron chi connectivity index (χ1n) is 19.4. The molecule has 342 valence electrons. The van der Waals surface area contributed by atoms with Gasteiger partial charge >= 0.3 is 5.97 Å². The molecule has 1 aromatic heterocycles. The first kappa shape index (κ1) is 51.3. The van der Waals surface area contributed by atoms with Crippen molar-refractivity contribution < 1.29 is 58.8 Å². The Morgan fingerprint density at radius 2 is 1.23 bits per heavy atom. The molecule has 0 aliphatic carbocycles. The van der Waals surface area contributed by atoms with E-state index in [9.17, 15) is 58.8 Å².